The van der Waals surface area contributed by atoms with Crippen LogP contribution in [0.4, 0.5) is 0 Å². The molecule has 3 N–H and O–H groups in total. The fourth-order valence-electron chi connectivity index (χ4n) is 3.45. The van der Waals surface area contributed by atoms with Crippen LogP contribution in [0.5, 0.6) is 0 Å². The lowest BCUT2D eigenvalue weighted by Crippen LogP contribution is -2.06. The average molecular weight is 383 g/mol. The van der Waals surface area contributed by atoms with E-state index in [1.807, 2.05) is 71.3 Å². The van der Waals surface area contributed by atoms with E-state index < -0.39 is 5.97 Å². The second-order valence-corrected chi connectivity index (χ2v) is 6.81. The third-order valence-electron chi connectivity index (χ3n) is 4.91. The molecular formula is C24H21N3O2. The van der Waals surface area contributed by atoms with Gasteiger partial charge in [0.25, 0.3) is 0 Å². The SMILES string of the molecule is NCc1ccc(Cn2cnc(-c3ccccc3)c2-c2ccccc2C(=O)O)cc1. The molecule has 5 nitrogen and oxygen atoms in total. The molecule has 5 heteroatoms. The topological polar surface area (TPSA) is 81.1 Å². The minimum absolute atomic E-state index is 0.255. The highest BCUT2D eigenvalue weighted by molar-refractivity contribution is 5.97. The number of carboxylic acids is 1. The number of carboxylic acid groups (broad SMARTS) is 1. The number of aromatic carboxylic acids is 1. The summed E-state index contributed by atoms with van der Waals surface area (Å²) in [5.74, 6) is -0.959. The van der Waals surface area contributed by atoms with Crippen molar-refractivity contribution in [2.75, 3.05) is 0 Å². The standard InChI is InChI=1S/C24H21N3O2/c25-14-17-10-12-18(13-11-17)15-27-16-26-22(19-6-2-1-3-7-19)23(27)20-8-4-5-9-21(20)24(28)29/h1-13,16H,14-15,25H2,(H,28,29). The van der Waals surface area contributed by atoms with Crippen LogP contribution >= 0.6 is 0 Å². The lowest BCUT2D eigenvalue weighted by atomic mass is 9.99. The normalized spacial score (nSPS) is 10.8. The van der Waals surface area contributed by atoms with E-state index in [4.69, 9.17) is 5.73 Å². The molecule has 0 radical (unpaired) electrons. The van der Waals surface area contributed by atoms with Crippen molar-refractivity contribution in [1.82, 2.24) is 9.55 Å². The maximum Gasteiger partial charge on any atom is 0.336 e. The summed E-state index contributed by atoms with van der Waals surface area (Å²) in [6.45, 7) is 1.08. The zero-order valence-electron chi connectivity index (χ0n) is 15.8. The molecule has 0 aliphatic heterocycles. The zero-order chi connectivity index (χ0) is 20.2. The first kappa shape index (κ1) is 18.7. The van der Waals surface area contributed by atoms with Gasteiger partial charge in [-0.25, -0.2) is 9.78 Å². The van der Waals surface area contributed by atoms with Gasteiger partial charge in [-0.05, 0) is 17.2 Å². The zero-order valence-corrected chi connectivity index (χ0v) is 15.8. The van der Waals surface area contributed by atoms with Crippen molar-refractivity contribution in [2.24, 2.45) is 5.73 Å². The smallest absolute Gasteiger partial charge is 0.336 e. The molecule has 0 fully saturated rings. The number of nitrogens with two attached hydrogens (primary N) is 1. The Morgan fingerprint density at radius 1 is 0.897 bits per heavy atom. The summed E-state index contributed by atoms with van der Waals surface area (Å²) in [5, 5.41) is 9.72. The van der Waals surface area contributed by atoms with E-state index in [9.17, 15) is 9.90 Å². The number of hydrogen-bond donors (Lipinski definition) is 2. The van der Waals surface area contributed by atoms with Crippen molar-refractivity contribution in [3.63, 3.8) is 0 Å². The number of imidazole rings is 1. The minimum atomic E-state index is -0.959. The van der Waals surface area contributed by atoms with E-state index in [1.165, 1.54) is 0 Å². The first-order valence-corrected chi connectivity index (χ1v) is 9.38. The van der Waals surface area contributed by atoms with Crippen molar-refractivity contribution < 1.29 is 9.90 Å². The van der Waals surface area contributed by atoms with Crippen LogP contribution in [0.3, 0.4) is 0 Å². The maximum absolute atomic E-state index is 11.9. The number of hydrogen-bond acceptors (Lipinski definition) is 3. The highest BCUT2D eigenvalue weighted by atomic mass is 16.4. The van der Waals surface area contributed by atoms with Gasteiger partial charge in [-0.2, -0.15) is 0 Å². The van der Waals surface area contributed by atoms with Crippen LogP contribution in [0, 0.1) is 0 Å². The first-order chi connectivity index (χ1) is 14.2. The van der Waals surface area contributed by atoms with Crippen LogP contribution in [0.15, 0.2) is 85.2 Å². The van der Waals surface area contributed by atoms with Gasteiger partial charge in [-0.15, -0.1) is 0 Å². The number of aromatic nitrogens is 2. The quantitative estimate of drug-likeness (QED) is 0.516. The maximum atomic E-state index is 11.9. The summed E-state index contributed by atoms with van der Waals surface area (Å²) in [7, 11) is 0. The molecule has 0 aliphatic rings. The number of benzene rings is 3. The predicted octanol–water partition coefficient (Wildman–Crippen LogP) is 4.42. The largest absolute Gasteiger partial charge is 0.478 e. The van der Waals surface area contributed by atoms with E-state index in [1.54, 1.807) is 18.5 Å². The van der Waals surface area contributed by atoms with Crippen LogP contribution in [0.2, 0.25) is 0 Å². The van der Waals surface area contributed by atoms with E-state index >= 15 is 0 Å². The molecule has 1 aromatic heterocycles. The Bertz CT molecular complexity index is 1130. The molecule has 4 aromatic rings. The lowest BCUT2D eigenvalue weighted by molar-refractivity contribution is 0.0697. The molecule has 144 valence electrons. The van der Waals surface area contributed by atoms with Crippen LogP contribution in [-0.4, -0.2) is 20.6 Å². The number of rotatable bonds is 6. The monoisotopic (exact) mass is 383 g/mol. The fourth-order valence-corrected chi connectivity index (χ4v) is 3.45. The van der Waals surface area contributed by atoms with Crippen LogP contribution < -0.4 is 5.73 Å². The molecule has 4 rings (SSSR count). The summed E-state index contributed by atoms with van der Waals surface area (Å²) >= 11 is 0. The molecule has 0 spiro atoms. The van der Waals surface area contributed by atoms with Crippen molar-refractivity contribution in [3.05, 3.63) is 102 Å². The van der Waals surface area contributed by atoms with Crippen molar-refractivity contribution in [2.45, 2.75) is 13.1 Å². The second-order valence-electron chi connectivity index (χ2n) is 6.81. The van der Waals surface area contributed by atoms with Crippen LogP contribution in [-0.2, 0) is 13.1 Å². The average Bonchev–Trinajstić information content (AvgIpc) is 3.18. The van der Waals surface area contributed by atoms with Gasteiger partial charge in [-0.3, -0.25) is 0 Å². The minimum Gasteiger partial charge on any atom is -0.478 e. The Morgan fingerprint density at radius 3 is 2.24 bits per heavy atom. The predicted molar refractivity (Wildman–Crippen MR) is 113 cm³/mol. The highest BCUT2D eigenvalue weighted by Gasteiger charge is 2.20. The van der Waals surface area contributed by atoms with Gasteiger partial charge in [0.1, 0.15) is 0 Å². The van der Waals surface area contributed by atoms with E-state index in [2.05, 4.69) is 4.98 Å². The summed E-state index contributed by atoms with van der Waals surface area (Å²) in [6.07, 6.45) is 1.77. The highest BCUT2D eigenvalue weighted by Crippen LogP contribution is 2.33. The molecule has 0 aliphatic carbocycles. The molecule has 0 amide bonds. The van der Waals surface area contributed by atoms with Crippen LogP contribution in [0.1, 0.15) is 21.5 Å². The Balaban J connectivity index is 1.86. The Kier molecular flexibility index (Phi) is 5.22. The molecular weight excluding hydrogens is 362 g/mol. The van der Waals surface area contributed by atoms with E-state index in [0.717, 1.165) is 28.1 Å². The number of carbonyl (C=O) groups is 1. The Hall–Kier alpha value is -3.70. The first-order valence-electron chi connectivity index (χ1n) is 9.38. The fraction of sp³-hybridized carbons (Fsp3) is 0.0833. The van der Waals surface area contributed by atoms with Gasteiger partial charge >= 0.3 is 5.97 Å². The molecule has 3 aromatic carbocycles. The number of nitrogens with zero attached hydrogens (tertiary/aromatic N) is 2. The summed E-state index contributed by atoms with van der Waals surface area (Å²) in [4.78, 5) is 16.5. The molecule has 0 atom stereocenters. The van der Waals surface area contributed by atoms with Gasteiger partial charge in [0.05, 0.1) is 23.3 Å². The van der Waals surface area contributed by atoms with Gasteiger partial charge < -0.3 is 15.4 Å². The van der Waals surface area contributed by atoms with Gasteiger partial charge in [0.15, 0.2) is 0 Å². The van der Waals surface area contributed by atoms with E-state index in [0.29, 0.717) is 18.7 Å². The summed E-state index contributed by atoms with van der Waals surface area (Å²) < 4.78 is 2.00. The molecule has 0 saturated heterocycles. The van der Waals surface area contributed by atoms with Crippen molar-refractivity contribution in [3.8, 4) is 22.5 Å². The summed E-state index contributed by atoms with van der Waals surface area (Å²) in [6, 6.07) is 25.0. The van der Waals surface area contributed by atoms with Gasteiger partial charge in [-0.1, -0.05) is 72.8 Å². The third-order valence-corrected chi connectivity index (χ3v) is 4.91. The molecule has 1 heterocycles. The van der Waals surface area contributed by atoms with Crippen molar-refractivity contribution >= 4 is 5.97 Å². The second kappa shape index (κ2) is 8.12. The van der Waals surface area contributed by atoms with E-state index in [-0.39, 0.29) is 5.56 Å². The van der Waals surface area contributed by atoms with Gasteiger partial charge in [0, 0.05) is 24.2 Å². The Labute approximate surface area is 169 Å². The third kappa shape index (κ3) is 3.81. The van der Waals surface area contributed by atoms with Crippen LogP contribution in [0.25, 0.3) is 22.5 Å². The molecule has 29 heavy (non-hydrogen) atoms. The molecule has 0 unspecified atom stereocenters. The van der Waals surface area contributed by atoms with Gasteiger partial charge in [0.2, 0.25) is 0 Å². The lowest BCUT2D eigenvalue weighted by Gasteiger charge is -2.13. The Morgan fingerprint density at radius 2 is 1.55 bits per heavy atom. The molecule has 0 saturated carbocycles. The summed E-state index contributed by atoms with van der Waals surface area (Å²) in [5.41, 5.74) is 11.3. The van der Waals surface area contributed by atoms with Crippen molar-refractivity contribution in [1.29, 1.82) is 0 Å². The molecule has 0 bridgehead atoms.